The van der Waals surface area contributed by atoms with Crippen molar-refractivity contribution in [2.45, 2.75) is 45.0 Å². The van der Waals surface area contributed by atoms with Gasteiger partial charge < -0.3 is 15.8 Å². The van der Waals surface area contributed by atoms with Gasteiger partial charge in [0.1, 0.15) is 0 Å². The molecule has 30 heavy (non-hydrogen) atoms. The maximum atomic E-state index is 12.5. The fourth-order valence-electron chi connectivity index (χ4n) is 2.86. The number of amidine groups is 1. The first kappa shape index (κ1) is 21.5. The van der Waals surface area contributed by atoms with Crippen LogP contribution in [0.2, 0.25) is 0 Å². The van der Waals surface area contributed by atoms with Crippen LogP contribution in [0.25, 0.3) is 0 Å². The molecule has 0 fully saturated rings. The van der Waals surface area contributed by atoms with Gasteiger partial charge in [0.25, 0.3) is 0 Å². The van der Waals surface area contributed by atoms with Crippen LogP contribution in [0.5, 0.6) is 0 Å². The zero-order valence-corrected chi connectivity index (χ0v) is 17.6. The van der Waals surface area contributed by atoms with E-state index in [4.69, 9.17) is 10.5 Å². The van der Waals surface area contributed by atoms with Gasteiger partial charge in [-0.2, -0.15) is 0 Å². The van der Waals surface area contributed by atoms with Gasteiger partial charge in [-0.3, -0.25) is 4.79 Å². The summed E-state index contributed by atoms with van der Waals surface area (Å²) in [5.41, 5.74) is 10.2. The Labute approximate surface area is 176 Å². The molecule has 1 heterocycles. The molecule has 0 aliphatic carbocycles. The van der Waals surface area contributed by atoms with Crippen molar-refractivity contribution in [2.75, 3.05) is 6.61 Å². The van der Waals surface area contributed by atoms with Crippen LogP contribution in [-0.4, -0.2) is 39.8 Å². The first-order valence-corrected chi connectivity index (χ1v) is 9.95. The predicted octanol–water partition coefficient (Wildman–Crippen LogP) is 1.98. The summed E-state index contributed by atoms with van der Waals surface area (Å²) in [6, 6.07) is 19.3. The summed E-state index contributed by atoms with van der Waals surface area (Å²) in [5, 5.41) is 8.80. The number of rotatable bonds is 9. The molecule has 2 aromatic rings. The topological polar surface area (TPSA) is 106 Å². The van der Waals surface area contributed by atoms with Crippen LogP contribution in [-0.2, 0) is 16.1 Å². The number of nitrogens with zero attached hydrogens (tertiary/aromatic N) is 3. The highest BCUT2D eigenvalue weighted by molar-refractivity contribution is 5.91. The molecular formula is C22H29N6O2+. The molecule has 0 radical (unpaired) electrons. The van der Waals surface area contributed by atoms with E-state index in [0.29, 0.717) is 12.4 Å². The molecule has 0 spiro atoms. The first-order chi connectivity index (χ1) is 14.3. The highest BCUT2D eigenvalue weighted by Crippen LogP contribution is 2.19. The standard InChI is InChI=1S/C22H28N6O2/c1-16(18-12-8-5-9-13-18)28-26-20(25-27-28)19(24-21(29)22(2,3)23)15-30-14-17-10-6-4-7-11-17/h4-13,16,19H,14-15,23H2,1-3H3,(H,24,29)/p+1/t16?,19-/m1/s1. The average molecular weight is 410 g/mol. The molecular weight excluding hydrogens is 380 g/mol. The minimum absolute atomic E-state index is 0.0417. The molecule has 3 rings (SSSR count). The van der Waals surface area contributed by atoms with E-state index in [0.717, 1.165) is 11.1 Å². The summed E-state index contributed by atoms with van der Waals surface area (Å²) >= 11 is 0. The lowest BCUT2D eigenvalue weighted by atomic mass is 10.1. The van der Waals surface area contributed by atoms with Gasteiger partial charge in [0, 0.05) is 0 Å². The number of nitrogens with one attached hydrogen (secondary N) is 2. The van der Waals surface area contributed by atoms with E-state index < -0.39 is 11.6 Å². The quantitative estimate of drug-likeness (QED) is 0.549. The van der Waals surface area contributed by atoms with Crippen molar-refractivity contribution < 1.29 is 14.3 Å². The lowest BCUT2D eigenvalue weighted by molar-refractivity contribution is -0.130. The number of benzene rings is 2. The van der Waals surface area contributed by atoms with E-state index in [-0.39, 0.29) is 18.6 Å². The third kappa shape index (κ3) is 5.67. The Morgan fingerprint density at radius 1 is 1.20 bits per heavy atom. The second-order valence-electron chi connectivity index (χ2n) is 7.87. The van der Waals surface area contributed by atoms with Gasteiger partial charge in [0.2, 0.25) is 5.91 Å². The summed E-state index contributed by atoms with van der Waals surface area (Å²) < 4.78 is 5.85. The molecule has 158 valence electrons. The van der Waals surface area contributed by atoms with Crippen LogP contribution in [0.15, 0.2) is 65.9 Å². The molecule has 2 atom stereocenters. The number of hydrogen-bond acceptors (Lipinski definition) is 6. The van der Waals surface area contributed by atoms with Crippen molar-refractivity contribution in [1.82, 2.24) is 15.9 Å². The Kier molecular flexibility index (Phi) is 6.84. The third-order valence-electron chi connectivity index (χ3n) is 4.74. The predicted molar refractivity (Wildman–Crippen MR) is 114 cm³/mol. The molecule has 0 aromatic heterocycles. The number of hydrazine groups is 1. The highest BCUT2D eigenvalue weighted by atomic mass is 16.5. The van der Waals surface area contributed by atoms with Crippen molar-refractivity contribution in [3.63, 3.8) is 0 Å². The molecule has 0 bridgehead atoms. The molecule has 1 amide bonds. The Hall–Kier alpha value is -3.19. The van der Waals surface area contributed by atoms with Crippen molar-refractivity contribution in [1.29, 1.82) is 0 Å². The maximum Gasteiger partial charge on any atom is 0.373 e. The van der Waals surface area contributed by atoms with E-state index in [9.17, 15) is 4.79 Å². The zero-order chi connectivity index (χ0) is 21.6. The van der Waals surface area contributed by atoms with Gasteiger partial charge in [-0.1, -0.05) is 60.7 Å². The third-order valence-corrected chi connectivity index (χ3v) is 4.74. The van der Waals surface area contributed by atoms with Crippen molar-refractivity contribution in [2.24, 2.45) is 11.0 Å². The van der Waals surface area contributed by atoms with Crippen LogP contribution in [0.4, 0.5) is 0 Å². The Balaban J connectivity index is 1.65. The molecule has 8 heteroatoms. The molecule has 8 nitrogen and oxygen atoms in total. The SMILES string of the molecule is CC(c1ccccc1)N1N=[N+]=C([C@@H](COCc2ccccc2)NC(=O)C(C)(C)N)N1. The second kappa shape index (κ2) is 9.54. The molecule has 4 N–H and O–H groups in total. The molecule has 0 saturated carbocycles. The van der Waals surface area contributed by atoms with Gasteiger partial charge in [-0.25, -0.2) is 0 Å². The first-order valence-electron chi connectivity index (χ1n) is 9.95. The fraction of sp³-hybridized carbons (Fsp3) is 0.364. The lowest BCUT2D eigenvalue weighted by Crippen LogP contribution is -2.58. The molecule has 2 aromatic carbocycles. The number of nitrogens with two attached hydrogens (primary N) is 1. The van der Waals surface area contributed by atoms with E-state index in [1.807, 2.05) is 67.6 Å². The van der Waals surface area contributed by atoms with Crippen molar-refractivity contribution >= 4 is 11.7 Å². The number of carbonyl (C=O) groups is 1. The average Bonchev–Trinajstić information content (AvgIpc) is 3.23. The van der Waals surface area contributed by atoms with E-state index in [2.05, 4.69) is 20.8 Å². The number of ether oxygens (including phenoxy) is 1. The fourth-order valence-corrected chi connectivity index (χ4v) is 2.86. The normalized spacial score (nSPS) is 15.3. The Morgan fingerprint density at radius 2 is 1.83 bits per heavy atom. The smallest absolute Gasteiger partial charge is 0.373 e. The summed E-state index contributed by atoms with van der Waals surface area (Å²) in [6.45, 7) is 5.98. The number of carbonyl (C=O) groups excluding carboxylic acids is 1. The molecule has 1 unspecified atom stereocenters. The van der Waals surface area contributed by atoms with Gasteiger partial charge in [0.15, 0.2) is 17.3 Å². The lowest BCUT2D eigenvalue weighted by Gasteiger charge is -2.22. The minimum atomic E-state index is -1.02. The van der Waals surface area contributed by atoms with Gasteiger partial charge in [0.05, 0.1) is 18.8 Å². The summed E-state index contributed by atoms with van der Waals surface area (Å²) in [5.74, 6) is 0.207. The van der Waals surface area contributed by atoms with Crippen LogP contribution in [0.3, 0.4) is 0 Å². The zero-order valence-electron chi connectivity index (χ0n) is 17.6. The van der Waals surface area contributed by atoms with Crippen molar-refractivity contribution in [3.8, 4) is 0 Å². The summed E-state index contributed by atoms with van der Waals surface area (Å²) in [6.07, 6.45) is 0. The Bertz CT molecular complexity index is 904. The molecule has 1 aliphatic heterocycles. The maximum absolute atomic E-state index is 12.5. The minimum Gasteiger partial charge on any atom is -0.374 e. The van der Waals surface area contributed by atoms with Gasteiger partial charge >= 0.3 is 5.84 Å². The Morgan fingerprint density at radius 3 is 2.47 bits per heavy atom. The van der Waals surface area contributed by atoms with Crippen LogP contribution < -0.4 is 16.5 Å². The largest absolute Gasteiger partial charge is 0.374 e. The highest BCUT2D eigenvalue weighted by Gasteiger charge is 2.37. The van der Waals surface area contributed by atoms with Gasteiger partial charge in [-0.15, -0.1) is 10.2 Å². The van der Waals surface area contributed by atoms with E-state index >= 15 is 0 Å². The second-order valence-corrected chi connectivity index (χ2v) is 7.87. The van der Waals surface area contributed by atoms with Crippen LogP contribution in [0, 0.1) is 0 Å². The van der Waals surface area contributed by atoms with Crippen molar-refractivity contribution in [3.05, 3.63) is 71.8 Å². The number of amides is 1. The summed E-state index contributed by atoms with van der Waals surface area (Å²) in [7, 11) is 0. The van der Waals surface area contributed by atoms with Crippen LogP contribution in [0.1, 0.15) is 37.9 Å². The van der Waals surface area contributed by atoms with Gasteiger partial charge in [-0.05, 0) is 37.0 Å². The van der Waals surface area contributed by atoms with E-state index in [1.54, 1.807) is 19.0 Å². The molecule has 0 saturated heterocycles. The number of hydrogen-bond donors (Lipinski definition) is 3. The van der Waals surface area contributed by atoms with E-state index in [1.165, 1.54) is 0 Å². The molecule has 1 aliphatic rings. The monoisotopic (exact) mass is 409 g/mol. The summed E-state index contributed by atoms with van der Waals surface area (Å²) in [4.78, 5) is 16.7. The van der Waals surface area contributed by atoms with Crippen LogP contribution >= 0.6 is 0 Å².